The summed E-state index contributed by atoms with van der Waals surface area (Å²) in [7, 11) is -3.28. The summed E-state index contributed by atoms with van der Waals surface area (Å²) in [6.45, 7) is 3.61. The number of aryl methyl sites for hydroxylation is 1. The van der Waals surface area contributed by atoms with Crippen LogP contribution in [0.3, 0.4) is 0 Å². The highest BCUT2D eigenvalue weighted by Gasteiger charge is 2.19. The van der Waals surface area contributed by atoms with E-state index in [0.717, 1.165) is 6.42 Å². The highest BCUT2D eigenvalue weighted by atomic mass is 32.2. The van der Waals surface area contributed by atoms with Crippen molar-refractivity contribution in [3.63, 3.8) is 0 Å². The first-order valence-electron chi connectivity index (χ1n) is 4.21. The fraction of sp³-hybridized carbons (Fsp3) is 0.625. The summed E-state index contributed by atoms with van der Waals surface area (Å²) in [5.74, 6) is 0.638. The van der Waals surface area contributed by atoms with Crippen molar-refractivity contribution in [2.24, 2.45) is 0 Å². The molecule has 0 bridgehead atoms. The molecule has 0 aliphatic heterocycles. The number of sulfone groups is 1. The second-order valence-electron chi connectivity index (χ2n) is 2.91. The molecule has 0 aromatic carbocycles. The van der Waals surface area contributed by atoms with Crippen molar-refractivity contribution in [1.82, 2.24) is 4.98 Å². The molecule has 0 amide bonds. The Kier molecular flexibility index (Phi) is 3.08. The smallest absolute Gasteiger partial charge is 0.315 e. The van der Waals surface area contributed by atoms with Gasteiger partial charge >= 0.3 is 5.22 Å². The van der Waals surface area contributed by atoms with E-state index in [1.54, 1.807) is 6.92 Å². The quantitative estimate of drug-likeness (QED) is 0.745. The standard InChI is InChI=1S/C8H13NO3S/c1-3-4-5-13(10,11)8-9-6-7(2)12-8/h6H,3-5H2,1-2H3. The summed E-state index contributed by atoms with van der Waals surface area (Å²) < 4.78 is 27.8. The maximum atomic E-state index is 11.4. The number of rotatable bonds is 4. The fourth-order valence-electron chi connectivity index (χ4n) is 0.899. The molecule has 0 fully saturated rings. The van der Waals surface area contributed by atoms with Crippen LogP contribution >= 0.6 is 0 Å². The largest absolute Gasteiger partial charge is 0.433 e. The Hall–Kier alpha value is -0.840. The van der Waals surface area contributed by atoms with Crippen LogP contribution < -0.4 is 0 Å². The van der Waals surface area contributed by atoms with Crippen molar-refractivity contribution in [3.8, 4) is 0 Å². The van der Waals surface area contributed by atoms with Crippen LogP contribution in [0.5, 0.6) is 0 Å². The number of nitrogens with zero attached hydrogens (tertiary/aromatic N) is 1. The maximum absolute atomic E-state index is 11.4. The van der Waals surface area contributed by atoms with Gasteiger partial charge in [-0.3, -0.25) is 0 Å². The average molecular weight is 203 g/mol. The molecule has 5 heteroatoms. The zero-order valence-corrected chi connectivity index (χ0v) is 8.60. The minimum atomic E-state index is -3.28. The number of hydrogen-bond donors (Lipinski definition) is 0. The first-order chi connectivity index (χ1) is 6.06. The number of aromatic nitrogens is 1. The Balaban J connectivity index is 2.82. The van der Waals surface area contributed by atoms with Crippen LogP contribution in [0.4, 0.5) is 0 Å². The van der Waals surface area contributed by atoms with Gasteiger partial charge in [0, 0.05) is 0 Å². The number of unbranched alkanes of at least 4 members (excludes halogenated alkanes) is 1. The van der Waals surface area contributed by atoms with Crippen LogP contribution in [0.2, 0.25) is 0 Å². The SMILES string of the molecule is CCCCS(=O)(=O)c1ncc(C)o1. The van der Waals surface area contributed by atoms with Crippen molar-refractivity contribution in [3.05, 3.63) is 12.0 Å². The third-order valence-corrected chi connectivity index (χ3v) is 3.18. The molecular formula is C8H13NO3S. The van der Waals surface area contributed by atoms with Gasteiger partial charge in [-0.2, -0.15) is 0 Å². The van der Waals surface area contributed by atoms with Crippen LogP contribution in [-0.4, -0.2) is 19.2 Å². The van der Waals surface area contributed by atoms with Gasteiger partial charge in [0.15, 0.2) is 0 Å². The van der Waals surface area contributed by atoms with E-state index in [4.69, 9.17) is 4.42 Å². The fourth-order valence-corrected chi connectivity index (χ4v) is 2.21. The monoisotopic (exact) mass is 203 g/mol. The molecule has 74 valence electrons. The van der Waals surface area contributed by atoms with E-state index in [9.17, 15) is 8.42 Å². The van der Waals surface area contributed by atoms with Crippen molar-refractivity contribution >= 4 is 9.84 Å². The normalized spacial score (nSPS) is 11.8. The van der Waals surface area contributed by atoms with Gasteiger partial charge in [0.2, 0.25) is 9.84 Å². The van der Waals surface area contributed by atoms with Gasteiger partial charge in [-0.25, -0.2) is 13.4 Å². The van der Waals surface area contributed by atoms with Gasteiger partial charge in [-0.1, -0.05) is 13.3 Å². The molecule has 0 unspecified atom stereocenters. The zero-order chi connectivity index (χ0) is 9.90. The van der Waals surface area contributed by atoms with Crippen molar-refractivity contribution < 1.29 is 12.8 Å². The molecule has 0 aliphatic rings. The highest BCUT2D eigenvalue weighted by Crippen LogP contribution is 2.12. The Bertz CT molecular complexity index is 366. The van der Waals surface area contributed by atoms with Crippen LogP contribution in [0, 0.1) is 6.92 Å². The van der Waals surface area contributed by atoms with Gasteiger partial charge in [0.25, 0.3) is 0 Å². The third-order valence-electron chi connectivity index (χ3n) is 1.63. The van der Waals surface area contributed by atoms with E-state index in [1.807, 2.05) is 6.92 Å². The molecular weight excluding hydrogens is 190 g/mol. The van der Waals surface area contributed by atoms with Crippen molar-refractivity contribution in [1.29, 1.82) is 0 Å². The number of hydrogen-bond acceptors (Lipinski definition) is 4. The predicted octanol–water partition coefficient (Wildman–Crippen LogP) is 1.56. The summed E-state index contributed by atoms with van der Waals surface area (Å²) in [6.07, 6.45) is 2.90. The molecule has 0 atom stereocenters. The first-order valence-corrected chi connectivity index (χ1v) is 5.86. The van der Waals surface area contributed by atoms with E-state index >= 15 is 0 Å². The molecule has 13 heavy (non-hydrogen) atoms. The Morgan fingerprint density at radius 1 is 1.54 bits per heavy atom. The summed E-state index contributed by atoms with van der Waals surface area (Å²) in [6, 6.07) is 0. The lowest BCUT2D eigenvalue weighted by Gasteiger charge is -1.96. The molecule has 0 N–H and O–H groups in total. The lowest BCUT2D eigenvalue weighted by Crippen LogP contribution is -2.06. The van der Waals surface area contributed by atoms with E-state index in [1.165, 1.54) is 6.20 Å². The van der Waals surface area contributed by atoms with Gasteiger partial charge in [-0.05, 0) is 13.3 Å². The molecule has 0 spiro atoms. The summed E-state index contributed by atoms with van der Waals surface area (Å²) in [4.78, 5) is 3.69. The molecule has 1 aromatic rings. The average Bonchev–Trinajstić information content (AvgIpc) is 2.49. The maximum Gasteiger partial charge on any atom is 0.315 e. The molecule has 1 aromatic heterocycles. The Morgan fingerprint density at radius 3 is 2.69 bits per heavy atom. The van der Waals surface area contributed by atoms with Crippen molar-refractivity contribution in [2.45, 2.75) is 31.9 Å². The second-order valence-corrected chi connectivity index (χ2v) is 4.90. The lowest BCUT2D eigenvalue weighted by atomic mass is 10.4. The minimum Gasteiger partial charge on any atom is -0.433 e. The van der Waals surface area contributed by atoms with Gasteiger partial charge in [-0.15, -0.1) is 0 Å². The predicted molar refractivity (Wildman–Crippen MR) is 48.2 cm³/mol. The van der Waals surface area contributed by atoms with Gasteiger partial charge in [0.05, 0.1) is 11.9 Å². The Morgan fingerprint density at radius 2 is 2.23 bits per heavy atom. The van der Waals surface area contributed by atoms with Gasteiger partial charge < -0.3 is 4.42 Å². The summed E-state index contributed by atoms with van der Waals surface area (Å²) >= 11 is 0. The van der Waals surface area contributed by atoms with E-state index in [2.05, 4.69) is 4.98 Å². The molecule has 0 saturated heterocycles. The summed E-state index contributed by atoms with van der Waals surface area (Å²) in [5, 5.41) is -0.154. The first kappa shape index (κ1) is 10.2. The zero-order valence-electron chi connectivity index (χ0n) is 7.78. The molecule has 1 heterocycles. The topological polar surface area (TPSA) is 60.2 Å². The van der Waals surface area contributed by atoms with Crippen LogP contribution in [0.15, 0.2) is 15.8 Å². The highest BCUT2D eigenvalue weighted by molar-refractivity contribution is 7.91. The Labute approximate surface area is 77.9 Å². The molecule has 0 radical (unpaired) electrons. The van der Waals surface area contributed by atoms with Crippen molar-refractivity contribution in [2.75, 3.05) is 5.75 Å². The van der Waals surface area contributed by atoms with E-state index in [-0.39, 0.29) is 11.0 Å². The van der Waals surface area contributed by atoms with Crippen LogP contribution in [0.1, 0.15) is 25.5 Å². The lowest BCUT2D eigenvalue weighted by molar-refractivity contribution is 0.411. The number of oxazole rings is 1. The van der Waals surface area contributed by atoms with E-state index in [0.29, 0.717) is 12.2 Å². The van der Waals surface area contributed by atoms with Crippen LogP contribution in [-0.2, 0) is 9.84 Å². The molecule has 0 aliphatic carbocycles. The van der Waals surface area contributed by atoms with Crippen LogP contribution in [0.25, 0.3) is 0 Å². The van der Waals surface area contributed by atoms with E-state index < -0.39 is 9.84 Å². The molecule has 4 nitrogen and oxygen atoms in total. The third kappa shape index (κ3) is 2.55. The molecule has 1 rings (SSSR count). The minimum absolute atomic E-state index is 0.115. The van der Waals surface area contributed by atoms with Gasteiger partial charge in [0.1, 0.15) is 5.76 Å². The summed E-state index contributed by atoms with van der Waals surface area (Å²) in [5.41, 5.74) is 0. The second kappa shape index (κ2) is 3.91. The molecule has 0 saturated carbocycles.